The molecule has 0 saturated heterocycles. The zero-order valence-electron chi connectivity index (χ0n) is 25.4. The summed E-state index contributed by atoms with van der Waals surface area (Å²) < 4.78 is 32.7. The lowest BCUT2D eigenvalue weighted by Gasteiger charge is -2.15. The average Bonchev–Trinajstić information content (AvgIpc) is 3.01. The molecule has 0 aliphatic rings. The molecule has 0 bridgehead atoms. The summed E-state index contributed by atoms with van der Waals surface area (Å²) in [6, 6.07) is 18.6. The minimum absolute atomic E-state index is 0.0227. The lowest BCUT2D eigenvalue weighted by Crippen LogP contribution is -2.14. The normalized spacial score (nSPS) is 10.3. The first-order chi connectivity index (χ1) is 21.0. The first-order valence-corrected chi connectivity index (χ1v) is 13.7. The fraction of sp³-hybridized carbons (Fsp3) is 0.229. The van der Waals surface area contributed by atoms with Crippen molar-refractivity contribution in [1.82, 2.24) is 0 Å². The Morgan fingerprint density at radius 2 is 0.932 bits per heavy atom. The van der Waals surface area contributed by atoms with Crippen molar-refractivity contribution in [2.45, 2.75) is 20.8 Å². The van der Waals surface area contributed by atoms with E-state index < -0.39 is 17.9 Å². The number of methoxy groups -OCH3 is 1. The Morgan fingerprint density at radius 1 is 0.523 bits per heavy atom. The summed E-state index contributed by atoms with van der Waals surface area (Å²) in [6.45, 7) is 15.7. The third-order valence-electron chi connectivity index (χ3n) is 6.06. The molecule has 3 aromatic carbocycles. The van der Waals surface area contributed by atoms with E-state index in [-0.39, 0.29) is 32.0 Å². The Kier molecular flexibility index (Phi) is 11.9. The molecule has 0 aromatic heterocycles. The molecule has 0 aliphatic carbocycles. The van der Waals surface area contributed by atoms with Crippen LogP contribution in [0, 0.1) is 0 Å². The van der Waals surface area contributed by atoms with Crippen molar-refractivity contribution in [3.63, 3.8) is 0 Å². The first-order valence-electron chi connectivity index (χ1n) is 13.7. The van der Waals surface area contributed by atoms with Crippen molar-refractivity contribution < 1.29 is 42.8 Å². The number of hydrogen-bond acceptors (Lipinski definition) is 9. The molecular formula is C35H36O9. The largest absolute Gasteiger partial charge is 0.493 e. The summed E-state index contributed by atoms with van der Waals surface area (Å²) >= 11 is 0. The number of carbonyl (C=O) groups is 3. The van der Waals surface area contributed by atoms with Crippen molar-refractivity contribution in [2.24, 2.45) is 0 Å². The van der Waals surface area contributed by atoms with E-state index in [1.165, 1.54) is 7.11 Å². The summed E-state index contributed by atoms with van der Waals surface area (Å²) in [6.07, 6.45) is 0. The van der Waals surface area contributed by atoms with Gasteiger partial charge in [-0.1, -0.05) is 56.1 Å². The van der Waals surface area contributed by atoms with Gasteiger partial charge in [0.2, 0.25) is 0 Å². The number of benzene rings is 3. The van der Waals surface area contributed by atoms with E-state index in [0.29, 0.717) is 34.1 Å². The van der Waals surface area contributed by atoms with Gasteiger partial charge in [-0.05, 0) is 67.3 Å². The molecule has 0 amide bonds. The van der Waals surface area contributed by atoms with Crippen LogP contribution >= 0.6 is 0 Å². The van der Waals surface area contributed by atoms with Crippen LogP contribution in [-0.4, -0.2) is 51.4 Å². The zero-order valence-corrected chi connectivity index (χ0v) is 25.4. The van der Waals surface area contributed by atoms with Gasteiger partial charge in [0.15, 0.2) is 23.0 Å². The molecule has 9 heteroatoms. The van der Waals surface area contributed by atoms with E-state index in [2.05, 4.69) is 19.7 Å². The van der Waals surface area contributed by atoms with E-state index in [4.69, 9.17) is 28.4 Å². The fourth-order valence-electron chi connectivity index (χ4n) is 3.71. The van der Waals surface area contributed by atoms with Gasteiger partial charge in [-0.15, -0.1) is 0 Å². The van der Waals surface area contributed by atoms with Gasteiger partial charge in [-0.2, -0.15) is 0 Å². The second kappa shape index (κ2) is 15.8. The molecule has 0 radical (unpaired) electrons. The molecule has 44 heavy (non-hydrogen) atoms. The van der Waals surface area contributed by atoms with Crippen molar-refractivity contribution in [2.75, 3.05) is 33.5 Å². The highest BCUT2D eigenvalue weighted by Crippen LogP contribution is 2.36. The van der Waals surface area contributed by atoms with Gasteiger partial charge in [-0.3, -0.25) is 0 Å². The Morgan fingerprint density at radius 3 is 1.39 bits per heavy atom. The van der Waals surface area contributed by atoms with Crippen LogP contribution in [0.4, 0.5) is 0 Å². The highest BCUT2D eigenvalue weighted by atomic mass is 16.6. The van der Waals surface area contributed by atoms with Crippen molar-refractivity contribution >= 4 is 17.9 Å². The first kappa shape index (κ1) is 33.2. The van der Waals surface area contributed by atoms with Crippen LogP contribution in [-0.2, 0) is 23.9 Å². The van der Waals surface area contributed by atoms with Gasteiger partial charge in [0.1, 0.15) is 26.4 Å². The summed E-state index contributed by atoms with van der Waals surface area (Å²) in [5.41, 5.74) is 4.44. The van der Waals surface area contributed by atoms with Gasteiger partial charge < -0.3 is 28.4 Å². The molecular weight excluding hydrogens is 564 g/mol. The van der Waals surface area contributed by atoms with Gasteiger partial charge >= 0.3 is 17.9 Å². The molecule has 0 spiro atoms. The topological polar surface area (TPSA) is 107 Å². The maximum atomic E-state index is 12.0. The number of esters is 3. The van der Waals surface area contributed by atoms with E-state index in [9.17, 15) is 14.4 Å². The minimum atomic E-state index is -0.528. The Hall–Kier alpha value is -5.31. The Balaban J connectivity index is 1.78. The standard InChI is InChI=1S/C35H36O9/c1-22(2)33(36)42-18-16-40-29-14-12-28(21-32(29)41-17-19-43-34(37)23(3)4)26-10-8-25(9-11-26)27-13-15-30(31(20-27)39-7)44-35(38)24(5)6/h8-15,20-21H,1,3,5,16-19H2,2,4,6-7H3. The second-order valence-corrected chi connectivity index (χ2v) is 9.80. The molecule has 0 fully saturated rings. The summed E-state index contributed by atoms with van der Waals surface area (Å²) in [4.78, 5) is 35.3. The molecule has 0 aliphatic heterocycles. The molecule has 3 rings (SSSR count). The molecule has 9 nitrogen and oxygen atoms in total. The summed E-state index contributed by atoms with van der Waals surface area (Å²) in [7, 11) is 1.51. The summed E-state index contributed by atoms with van der Waals surface area (Å²) in [5, 5.41) is 0. The Labute approximate surface area is 257 Å². The fourth-order valence-corrected chi connectivity index (χ4v) is 3.71. The van der Waals surface area contributed by atoms with Crippen LogP contribution in [0.5, 0.6) is 23.0 Å². The quantitative estimate of drug-likeness (QED) is 0.0835. The van der Waals surface area contributed by atoms with Gasteiger partial charge in [0, 0.05) is 16.7 Å². The predicted molar refractivity (Wildman–Crippen MR) is 167 cm³/mol. The lowest BCUT2D eigenvalue weighted by atomic mass is 9.99. The van der Waals surface area contributed by atoms with E-state index in [1.54, 1.807) is 39.0 Å². The highest BCUT2D eigenvalue weighted by Gasteiger charge is 2.14. The molecule has 0 saturated carbocycles. The van der Waals surface area contributed by atoms with Crippen LogP contribution < -0.4 is 18.9 Å². The van der Waals surface area contributed by atoms with E-state index in [1.807, 2.05) is 42.5 Å². The van der Waals surface area contributed by atoms with E-state index in [0.717, 1.165) is 22.3 Å². The highest BCUT2D eigenvalue weighted by molar-refractivity contribution is 5.89. The van der Waals surface area contributed by atoms with Crippen LogP contribution in [0.25, 0.3) is 22.3 Å². The maximum absolute atomic E-state index is 12.0. The third kappa shape index (κ3) is 9.35. The van der Waals surface area contributed by atoms with Gasteiger partial charge in [0.25, 0.3) is 0 Å². The monoisotopic (exact) mass is 600 g/mol. The number of ether oxygens (including phenoxy) is 6. The van der Waals surface area contributed by atoms with Crippen molar-refractivity contribution in [3.05, 3.63) is 97.1 Å². The minimum Gasteiger partial charge on any atom is -0.493 e. The van der Waals surface area contributed by atoms with Crippen LogP contribution in [0.3, 0.4) is 0 Å². The molecule has 3 aromatic rings. The third-order valence-corrected chi connectivity index (χ3v) is 6.06. The molecule has 230 valence electrons. The van der Waals surface area contributed by atoms with Crippen LogP contribution in [0.15, 0.2) is 97.1 Å². The van der Waals surface area contributed by atoms with Gasteiger partial charge in [0.05, 0.1) is 7.11 Å². The van der Waals surface area contributed by atoms with Gasteiger partial charge in [-0.25, -0.2) is 14.4 Å². The number of carbonyl (C=O) groups excluding carboxylic acids is 3. The predicted octanol–water partition coefficient (Wildman–Crippen LogP) is 6.51. The van der Waals surface area contributed by atoms with Crippen molar-refractivity contribution in [3.8, 4) is 45.3 Å². The molecule has 0 N–H and O–H groups in total. The van der Waals surface area contributed by atoms with Crippen molar-refractivity contribution in [1.29, 1.82) is 0 Å². The number of rotatable bonds is 15. The van der Waals surface area contributed by atoms with E-state index >= 15 is 0 Å². The molecule has 0 heterocycles. The molecule has 0 unspecified atom stereocenters. The average molecular weight is 601 g/mol. The smallest absolute Gasteiger partial charge is 0.338 e. The van der Waals surface area contributed by atoms with Crippen LogP contribution in [0.1, 0.15) is 20.8 Å². The van der Waals surface area contributed by atoms with Crippen LogP contribution in [0.2, 0.25) is 0 Å². The maximum Gasteiger partial charge on any atom is 0.338 e. The summed E-state index contributed by atoms with van der Waals surface area (Å²) in [5.74, 6) is 0.0544. The lowest BCUT2D eigenvalue weighted by molar-refractivity contribution is -0.140. The number of hydrogen-bond donors (Lipinski definition) is 0. The zero-order chi connectivity index (χ0) is 32.2. The Bertz CT molecular complexity index is 1550. The molecule has 0 atom stereocenters. The SMILES string of the molecule is C=C(C)C(=O)OCCOc1ccc(-c2ccc(-c3ccc(OC(=O)C(=C)C)c(OC)c3)cc2)cc1OCCOC(=O)C(=C)C. The second-order valence-electron chi connectivity index (χ2n) is 9.80.